The molecule has 0 heterocycles. The number of nitro groups is 1. The number of thioether (sulfide) groups is 1. The number of anilines is 1. The molecule has 0 saturated heterocycles. The van der Waals surface area contributed by atoms with E-state index in [0.717, 1.165) is 16.0 Å². The Bertz CT molecular complexity index is 1000. The summed E-state index contributed by atoms with van der Waals surface area (Å²) in [5.41, 5.74) is 9.13. The highest BCUT2D eigenvalue weighted by atomic mass is 32.2. The van der Waals surface area contributed by atoms with Gasteiger partial charge in [-0.15, -0.1) is 11.8 Å². The van der Waals surface area contributed by atoms with E-state index in [1.165, 1.54) is 23.9 Å². The second-order valence-electron chi connectivity index (χ2n) is 6.49. The van der Waals surface area contributed by atoms with E-state index in [9.17, 15) is 14.9 Å². The number of Topliss-reactive ketones (excluding diaryl/α,β-unsaturated/α-hetero) is 1. The summed E-state index contributed by atoms with van der Waals surface area (Å²) in [6.07, 6.45) is 0.212. The average molecular weight is 392 g/mol. The number of aryl methyl sites for hydroxylation is 1. The van der Waals surface area contributed by atoms with E-state index in [2.05, 4.69) is 0 Å². The van der Waals surface area contributed by atoms with Crippen molar-refractivity contribution in [2.75, 3.05) is 5.73 Å². The lowest BCUT2D eigenvalue weighted by Gasteiger charge is -2.17. The van der Waals surface area contributed by atoms with E-state index in [1.807, 2.05) is 55.5 Å². The number of nitrogens with zero attached hydrogens (tertiary/aromatic N) is 1. The van der Waals surface area contributed by atoms with Gasteiger partial charge < -0.3 is 5.73 Å². The van der Waals surface area contributed by atoms with Crippen LogP contribution in [0, 0.1) is 17.0 Å². The zero-order valence-electron chi connectivity index (χ0n) is 15.4. The summed E-state index contributed by atoms with van der Waals surface area (Å²) in [5.74, 6) is -0.0153. The van der Waals surface area contributed by atoms with Crippen LogP contribution in [-0.2, 0) is 0 Å². The second kappa shape index (κ2) is 8.71. The lowest BCUT2D eigenvalue weighted by Crippen LogP contribution is -2.06. The molecule has 2 N–H and O–H groups in total. The number of non-ortho nitro benzene ring substituents is 1. The minimum Gasteiger partial charge on any atom is -0.398 e. The van der Waals surface area contributed by atoms with Crippen molar-refractivity contribution in [2.24, 2.45) is 0 Å². The summed E-state index contributed by atoms with van der Waals surface area (Å²) < 4.78 is 0. The van der Waals surface area contributed by atoms with Crippen LogP contribution in [0.15, 0.2) is 77.7 Å². The van der Waals surface area contributed by atoms with Crippen LogP contribution in [-0.4, -0.2) is 10.7 Å². The normalized spacial score (nSPS) is 11.8. The zero-order valence-corrected chi connectivity index (χ0v) is 16.2. The second-order valence-corrected chi connectivity index (χ2v) is 7.73. The van der Waals surface area contributed by atoms with Crippen molar-refractivity contribution in [1.82, 2.24) is 0 Å². The van der Waals surface area contributed by atoms with Gasteiger partial charge in [0.15, 0.2) is 5.78 Å². The number of para-hydroxylation sites is 1. The summed E-state index contributed by atoms with van der Waals surface area (Å²) in [6.45, 7) is 1.97. The fourth-order valence-corrected chi connectivity index (χ4v) is 4.02. The van der Waals surface area contributed by atoms with Crippen molar-refractivity contribution < 1.29 is 9.72 Å². The van der Waals surface area contributed by atoms with Gasteiger partial charge in [-0.3, -0.25) is 14.9 Å². The molecule has 1 atom stereocenters. The van der Waals surface area contributed by atoms with Crippen molar-refractivity contribution in [2.45, 2.75) is 23.5 Å². The number of rotatable bonds is 7. The number of nitro benzene ring substituents is 1. The first kappa shape index (κ1) is 19.6. The van der Waals surface area contributed by atoms with Gasteiger partial charge in [-0.05, 0) is 24.6 Å². The molecule has 5 nitrogen and oxygen atoms in total. The number of benzene rings is 3. The first-order chi connectivity index (χ1) is 13.4. The molecular formula is C22H20N2O3S. The first-order valence-electron chi connectivity index (χ1n) is 8.79. The molecule has 0 aliphatic carbocycles. The smallest absolute Gasteiger partial charge is 0.269 e. The summed E-state index contributed by atoms with van der Waals surface area (Å²) >= 11 is 1.45. The lowest BCUT2D eigenvalue weighted by molar-refractivity contribution is -0.384. The molecule has 0 saturated carbocycles. The number of carbonyl (C=O) groups excluding carboxylic acids is 1. The van der Waals surface area contributed by atoms with Gasteiger partial charge in [0.25, 0.3) is 5.69 Å². The van der Waals surface area contributed by atoms with Crippen LogP contribution in [0.2, 0.25) is 0 Å². The monoisotopic (exact) mass is 392 g/mol. The third-order valence-corrected chi connectivity index (χ3v) is 5.73. The van der Waals surface area contributed by atoms with Crippen LogP contribution in [0.4, 0.5) is 11.4 Å². The Kier molecular flexibility index (Phi) is 6.11. The Morgan fingerprint density at radius 3 is 2.46 bits per heavy atom. The summed E-state index contributed by atoms with van der Waals surface area (Å²) in [5, 5.41) is 10.9. The summed E-state index contributed by atoms with van der Waals surface area (Å²) in [6, 6.07) is 21.3. The Balaban J connectivity index is 1.93. The highest BCUT2D eigenvalue weighted by Crippen LogP contribution is 2.41. The molecule has 3 aromatic carbocycles. The van der Waals surface area contributed by atoms with Gasteiger partial charge in [-0.2, -0.15) is 0 Å². The van der Waals surface area contributed by atoms with Crippen molar-refractivity contribution in [3.05, 3.63) is 99.6 Å². The topological polar surface area (TPSA) is 86.2 Å². The number of hydrogen-bond donors (Lipinski definition) is 1. The minimum atomic E-state index is -0.427. The third kappa shape index (κ3) is 4.78. The molecule has 142 valence electrons. The van der Waals surface area contributed by atoms with Crippen LogP contribution in [0.1, 0.15) is 33.2 Å². The molecule has 0 bridgehead atoms. The highest BCUT2D eigenvalue weighted by Gasteiger charge is 2.21. The average Bonchev–Trinajstić information content (AvgIpc) is 2.69. The molecule has 0 spiro atoms. The van der Waals surface area contributed by atoms with E-state index in [4.69, 9.17) is 5.73 Å². The van der Waals surface area contributed by atoms with Gasteiger partial charge in [0.1, 0.15) is 0 Å². The van der Waals surface area contributed by atoms with E-state index < -0.39 is 4.92 Å². The molecular weight excluding hydrogens is 372 g/mol. The predicted molar refractivity (Wildman–Crippen MR) is 113 cm³/mol. The van der Waals surface area contributed by atoms with Gasteiger partial charge in [-0.1, -0.05) is 54.1 Å². The van der Waals surface area contributed by atoms with Crippen molar-refractivity contribution in [1.29, 1.82) is 0 Å². The Labute approximate surface area is 167 Å². The van der Waals surface area contributed by atoms with E-state index in [1.54, 1.807) is 12.1 Å². The zero-order chi connectivity index (χ0) is 20.1. The molecule has 28 heavy (non-hydrogen) atoms. The number of carbonyl (C=O) groups is 1. The van der Waals surface area contributed by atoms with Crippen molar-refractivity contribution in [3.63, 3.8) is 0 Å². The Hall–Kier alpha value is -3.12. The molecule has 0 unspecified atom stereocenters. The number of nitrogen functional groups attached to an aromatic ring is 1. The SMILES string of the molecule is Cc1ccc(C(=O)C[C@H](Sc2ccccc2N)c2cccc([N+](=O)[O-])c2)cc1. The lowest BCUT2D eigenvalue weighted by atomic mass is 10.0. The number of nitrogens with two attached hydrogens (primary N) is 1. The Morgan fingerprint density at radius 2 is 1.79 bits per heavy atom. The third-order valence-electron chi connectivity index (χ3n) is 4.39. The van der Waals surface area contributed by atoms with Gasteiger partial charge in [0.05, 0.1) is 4.92 Å². The van der Waals surface area contributed by atoms with Gasteiger partial charge >= 0.3 is 0 Å². The van der Waals surface area contributed by atoms with Crippen LogP contribution in [0.25, 0.3) is 0 Å². The predicted octanol–water partition coefficient (Wildman–Crippen LogP) is 5.59. The molecule has 0 aromatic heterocycles. The number of hydrogen-bond acceptors (Lipinski definition) is 5. The first-order valence-corrected chi connectivity index (χ1v) is 9.67. The number of ketones is 1. The van der Waals surface area contributed by atoms with Crippen molar-refractivity contribution >= 4 is 28.9 Å². The molecule has 3 rings (SSSR count). The van der Waals surface area contributed by atoms with E-state index in [-0.39, 0.29) is 23.1 Å². The molecule has 0 aliphatic heterocycles. The quantitative estimate of drug-likeness (QED) is 0.186. The Morgan fingerprint density at radius 1 is 1.07 bits per heavy atom. The van der Waals surface area contributed by atoms with Gasteiger partial charge in [-0.25, -0.2) is 0 Å². The molecule has 6 heteroatoms. The minimum absolute atomic E-state index is 0.00641. The van der Waals surface area contributed by atoms with Crippen LogP contribution in [0.3, 0.4) is 0 Å². The molecule has 0 fully saturated rings. The molecule has 0 amide bonds. The maximum Gasteiger partial charge on any atom is 0.269 e. The van der Waals surface area contributed by atoms with Crippen LogP contribution >= 0.6 is 11.8 Å². The molecule has 3 aromatic rings. The fourth-order valence-electron chi connectivity index (χ4n) is 2.83. The summed E-state index contributed by atoms with van der Waals surface area (Å²) in [7, 11) is 0. The summed E-state index contributed by atoms with van der Waals surface area (Å²) in [4.78, 5) is 24.4. The van der Waals surface area contributed by atoms with Gasteiger partial charge in [0, 0.05) is 39.9 Å². The van der Waals surface area contributed by atoms with E-state index in [0.29, 0.717) is 11.3 Å². The maximum absolute atomic E-state index is 12.9. The standard InChI is InChI=1S/C22H20N2O3S/c1-15-9-11-16(12-10-15)20(25)14-22(28-21-8-3-2-7-19(21)23)17-5-4-6-18(13-17)24(26)27/h2-13,22H,14,23H2,1H3/t22-/m0/s1. The fraction of sp³-hybridized carbons (Fsp3) is 0.136. The van der Waals surface area contributed by atoms with Crippen LogP contribution < -0.4 is 5.73 Å². The maximum atomic E-state index is 12.9. The van der Waals surface area contributed by atoms with Crippen molar-refractivity contribution in [3.8, 4) is 0 Å². The molecule has 0 radical (unpaired) electrons. The highest BCUT2D eigenvalue weighted by molar-refractivity contribution is 7.99. The van der Waals surface area contributed by atoms with E-state index >= 15 is 0 Å². The largest absolute Gasteiger partial charge is 0.398 e. The van der Waals surface area contributed by atoms with Gasteiger partial charge in [0.2, 0.25) is 0 Å². The van der Waals surface area contributed by atoms with Crippen LogP contribution in [0.5, 0.6) is 0 Å². The molecule has 0 aliphatic rings.